The molecule has 182 valence electrons. The zero-order chi connectivity index (χ0) is 23.4. The molecule has 0 aliphatic heterocycles. The third-order valence-corrected chi connectivity index (χ3v) is 6.19. The molecule has 1 aromatic heterocycles. The average molecular weight is 486 g/mol. The lowest BCUT2D eigenvalue weighted by molar-refractivity contribution is 0.0601. The van der Waals surface area contributed by atoms with Crippen LogP contribution in [0, 0.1) is 5.82 Å². The van der Waals surface area contributed by atoms with Gasteiger partial charge in [0.15, 0.2) is 0 Å². The van der Waals surface area contributed by atoms with Crippen LogP contribution < -0.4 is 0 Å². The SMILES string of the molecule is CN(C)Cc1cccc(-c2cc(CN(C(=O)c3ncn(C)n3)C3CCCCC3)ccc2F)c1.Cl. The molecule has 0 N–H and O–H groups in total. The monoisotopic (exact) mass is 485 g/mol. The van der Waals surface area contributed by atoms with Crippen molar-refractivity contribution in [3.63, 3.8) is 0 Å². The molecule has 6 nitrogen and oxygen atoms in total. The number of halogens is 2. The Bertz CT molecular complexity index is 1110. The van der Waals surface area contributed by atoms with Gasteiger partial charge in [-0.1, -0.05) is 43.5 Å². The van der Waals surface area contributed by atoms with E-state index in [4.69, 9.17) is 0 Å². The second-order valence-electron chi connectivity index (χ2n) is 9.22. The highest BCUT2D eigenvalue weighted by Crippen LogP contribution is 2.29. The summed E-state index contributed by atoms with van der Waals surface area (Å²) in [4.78, 5) is 21.5. The van der Waals surface area contributed by atoms with Gasteiger partial charge in [-0.15, -0.1) is 17.5 Å². The number of rotatable bonds is 7. The number of amides is 1. The van der Waals surface area contributed by atoms with Gasteiger partial charge < -0.3 is 9.80 Å². The molecule has 1 fully saturated rings. The Labute approximate surface area is 207 Å². The minimum absolute atomic E-state index is 0. The van der Waals surface area contributed by atoms with Gasteiger partial charge in [-0.2, -0.15) is 0 Å². The Morgan fingerprint density at radius 2 is 1.79 bits per heavy atom. The standard InChI is InChI=1S/C26H32FN5O.ClH/c1-30(2)16-19-8-7-9-21(14-19)23-15-20(12-13-24(23)27)17-32(22-10-5-4-6-11-22)26(33)25-28-18-31(3)29-25;/h7-9,12-15,18,22H,4-6,10-11,16-17H2,1-3H3;1H. The van der Waals surface area contributed by atoms with Gasteiger partial charge in [0.05, 0.1) is 0 Å². The number of benzene rings is 2. The molecule has 0 unspecified atom stereocenters. The molecule has 1 saturated carbocycles. The molecule has 4 rings (SSSR count). The van der Waals surface area contributed by atoms with Crippen molar-refractivity contribution >= 4 is 18.3 Å². The number of aromatic nitrogens is 3. The number of carbonyl (C=O) groups excluding carboxylic acids is 1. The molecular weight excluding hydrogens is 453 g/mol. The molecule has 8 heteroatoms. The molecule has 0 radical (unpaired) electrons. The van der Waals surface area contributed by atoms with E-state index >= 15 is 0 Å². The van der Waals surface area contributed by atoms with Crippen molar-refractivity contribution in [3.8, 4) is 11.1 Å². The van der Waals surface area contributed by atoms with Crippen molar-refractivity contribution in [3.05, 3.63) is 71.6 Å². The van der Waals surface area contributed by atoms with Gasteiger partial charge in [0, 0.05) is 31.7 Å². The lowest BCUT2D eigenvalue weighted by atomic mass is 9.93. The summed E-state index contributed by atoms with van der Waals surface area (Å²) in [5.74, 6) is -0.217. The molecule has 34 heavy (non-hydrogen) atoms. The lowest BCUT2D eigenvalue weighted by Gasteiger charge is -2.34. The van der Waals surface area contributed by atoms with Gasteiger partial charge >= 0.3 is 0 Å². The third kappa shape index (κ3) is 6.21. The molecule has 1 heterocycles. The highest BCUT2D eigenvalue weighted by molar-refractivity contribution is 5.90. The molecule has 1 aliphatic carbocycles. The highest BCUT2D eigenvalue weighted by atomic mass is 35.5. The molecule has 3 aromatic rings. The topological polar surface area (TPSA) is 54.3 Å². The Kier molecular flexibility index (Phi) is 8.80. The van der Waals surface area contributed by atoms with E-state index in [0.29, 0.717) is 12.1 Å². The highest BCUT2D eigenvalue weighted by Gasteiger charge is 2.28. The minimum Gasteiger partial charge on any atom is -0.329 e. The van der Waals surface area contributed by atoms with E-state index in [9.17, 15) is 9.18 Å². The first kappa shape index (κ1) is 25.8. The third-order valence-electron chi connectivity index (χ3n) is 6.19. The van der Waals surface area contributed by atoms with E-state index < -0.39 is 0 Å². The second-order valence-corrected chi connectivity index (χ2v) is 9.22. The Morgan fingerprint density at radius 3 is 2.47 bits per heavy atom. The van der Waals surface area contributed by atoms with Gasteiger partial charge in [-0.25, -0.2) is 9.37 Å². The summed E-state index contributed by atoms with van der Waals surface area (Å²) < 4.78 is 16.4. The summed E-state index contributed by atoms with van der Waals surface area (Å²) in [6, 6.07) is 13.3. The van der Waals surface area contributed by atoms with Crippen molar-refractivity contribution < 1.29 is 9.18 Å². The van der Waals surface area contributed by atoms with E-state index in [0.717, 1.165) is 48.9 Å². The number of carbonyl (C=O) groups is 1. The number of aryl methyl sites for hydroxylation is 1. The van der Waals surface area contributed by atoms with Crippen LogP contribution in [0.5, 0.6) is 0 Å². The van der Waals surface area contributed by atoms with E-state index in [1.807, 2.05) is 43.3 Å². The first-order chi connectivity index (χ1) is 15.9. The molecule has 1 aliphatic rings. The van der Waals surface area contributed by atoms with Crippen molar-refractivity contribution in [1.29, 1.82) is 0 Å². The molecule has 0 spiro atoms. The smallest absolute Gasteiger partial charge is 0.294 e. The number of hydrogen-bond donors (Lipinski definition) is 0. The summed E-state index contributed by atoms with van der Waals surface area (Å²) in [5.41, 5.74) is 3.43. The maximum Gasteiger partial charge on any atom is 0.294 e. The van der Waals surface area contributed by atoms with Crippen LogP contribution in [-0.4, -0.2) is 50.6 Å². The van der Waals surface area contributed by atoms with Crippen LogP contribution in [0.4, 0.5) is 4.39 Å². The van der Waals surface area contributed by atoms with Crippen LogP contribution in [0.25, 0.3) is 11.1 Å². The lowest BCUT2D eigenvalue weighted by Crippen LogP contribution is -2.41. The molecule has 0 bridgehead atoms. The average Bonchev–Trinajstić information content (AvgIpc) is 3.24. The summed E-state index contributed by atoms with van der Waals surface area (Å²) >= 11 is 0. The fourth-order valence-electron chi connectivity index (χ4n) is 4.62. The molecule has 0 saturated heterocycles. The predicted octanol–water partition coefficient (Wildman–Crippen LogP) is 5.08. The van der Waals surface area contributed by atoms with Crippen molar-refractivity contribution in [1.82, 2.24) is 24.6 Å². The normalized spacial score (nSPS) is 14.1. The quantitative estimate of drug-likeness (QED) is 0.468. The second kappa shape index (κ2) is 11.6. The Hall–Kier alpha value is -2.77. The first-order valence-electron chi connectivity index (χ1n) is 11.6. The van der Waals surface area contributed by atoms with E-state index in [-0.39, 0.29) is 36.0 Å². The molecular formula is C26H33ClFN5O. The fourth-order valence-corrected chi connectivity index (χ4v) is 4.62. The first-order valence-corrected chi connectivity index (χ1v) is 11.6. The maximum atomic E-state index is 14.9. The summed E-state index contributed by atoms with van der Waals surface area (Å²) in [7, 11) is 5.79. The van der Waals surface area contributed by atoms with Crippen molar-refractivity contribution in [2.45, 2.75) is 51.2 Å². The van der Waals surface area contributed by atoms with Crippen LogP contribution in [0.2, 0.25) is 0 Å². The van der Waals surface area contributed by atoms with Crippen LogP contribution >= 0.6 is 12.4 Å². The van der Waals surface area contributed by atoms with Crippen LogP contribution in [0.1, 0.15) is 53.8 Å². The van der Waals surface area contributed by atoms with Crippen LogP contribution in [0.15, 0.2) is 48.8 Å². The van der Waals surface area contributed by atoms with Gasteiger partial charge in [0.2, 0.25) is 5.82 Å². The van der Waals surface area contributed by atoms with Crippen molar-refractivity contribution in [2.75, 3.05) is 14.1 Å². The number of hydrogen-bond acceptors (Lipinski definition) is 4. The van der Waals surface area contributed by atoms with E-state index in [2.05, 4.69) is 21.0 Å². The predicted molar refractivity (Wildman–Crippen MR) is 134 cm³/mol. The minimum atomic E-state index is -0.261. The van der Waals surface area contributed by atoms with Gasteiger partial charge in [0.25, 0.3) is 5.91 Å². The largest absolute Gasteiger partial charge is 0.329 e. The Morgan fingerprint density at radius 1 is 1.06 bits per heavy atom. The zero-order valence-corrected chi connectivity index (χ0v) is 20.9. The van der Waals surface area contributed by atoms with Gasteiger partial charge in [0.1, 0.15) is 12.1 Å². The summed E-state index contributed by atoms with van der Waals surface area (Å²) in [5, 5.41) is 4.23. The van der Waals surface area contributed by atoms with Crippen LogP contribution in [0.3, 0.4) is 0 Å². The number of nitrogens with zero attached hydrogens (tertiary/aromatic N) is 5. The summed E-state index contributed by atoms with van der Waals surface area (Å²) in [6.45, 7) is 1.20. The van der Waals surface area contributed by atoms with E-state index in [1.165, 1.54) is 12.5 Å². The molecule has 1 amide bonds. The van der Waals surface area contributed by atoms with Gasteiger partial charge in [-0.05, 0) is 61.8 Å². The molecule has 2 aromatic carbocycles. The zero-order valence-electron chi connectivity index (χ0n) is 20.1. The Balaban J connectivity index is 0.00000324. The van der Waals surface area contributed by atoms with Gasteiger partial charge in [-0.3, -0.25) is 9.48 Å². The summed E-state index contributed by atoms with van der Waals surface area (Å²) in [6.07, 6.45) is 6.90. The maximum absolute atomic E-state index is 14.9. The van der Waals surface area contributed by atoms with Crippen molar-refractivity contribution in [2.24, 2.45) is 7.05 Å². The fraction of sp³-hybridized carbons (Fsp3) is 0.423. The van der Waals surface area contributed by atoms with E-state index in [1.54, 1.807) is 24.1 Å². The van der Waals surface area contributed by atoms with Crippen LogP contribution in [-0.2, 0) is 20.1 Å². The molecule has 0 atom stereocenters.